The van der Waals surface area contributed by atoms with E-state index >= 15 is 0 Å². The molecular formula is C10H16ClO3S+. The number of halogens is 1. The Morgan fingerprint density at radius 2 is 1.93 bits per heavy atom. The predicted molar refractivity (Wildman–Crippen MR) is 61.9 cm³/mol. The monoisotopic (exact) mass is 251 g/mol. The van der Waals surface area contributed by atoms with E-state index in [0.29, 0.717) is 5.92 Å². The summed E-state index contributed by atoms with van der Waals surface area (Å²) < 4.78 is 27.1. The third kappa shape index (κ3) is 4.73. The van der Waals surface area contributed by atoms with Gasteiger partial charge in [0.15, 0.2) is 0 Å². The molecule has 0 aliphatic carbocycles. The quantitative estimate of drug-likeness (QED) is 0.438. The van der Waals surface area contributed by atoms with Crippen molar-refractivity contribution < 1.29 is 13.0 Å². The van der Waals surface area contributed by atoms with Crippen molar-refractivity contribution in [3.63, 3.8) is 0 Å². The molecule has 0 radical (unpaired) electrons. The first-order chi connectivity index (χ1) is 6.77. The second-order valence-corrected chi connectivity index (χ2v) is 4.93. The zero-order chi connectivity index (χ0) is 12.2. The SMILES string of the molecule is C=C(Cl)C(=C(C)OC(C)C(C)C)S(=O)#[O+]. The molecule has 0 saturated heterocycles. The number of hydrogen-bond donors (Lipinski definition) is 0. The van der Waals surface area contributed by atoms with Crippen molar-refractivity contribution in [3.8, 4) is 0 Å². The fourth-order valence-electron chi connectivity index (χ4n) is 0.867. The summed E-state index contributed by atoms with van der Waals surface area (Å²) >= 11 is 5.57. The molecule has 1 atom stereocenters. The average Bonchev–Trinajstić information content (AvgIpc) is 2.01. The molecule has 0 spiro atoms. The topological polar surface area (TPSA) is 46.2 Å². The summed E-state index contributed by atoms with van der Waals surface area (Å²) in [6.07, 6.45) is -0.0698. The zero-order valence-corrected chi connectivity index (χ0v) is 10.9. The van der Waals surface area contributed by atoms with Crippen LogP contribution in [0.25, 0.3) is 0 Å². The van der Waals surface area contributed by atoms with Gasteiger partial charge in [0.05, 0.1) is 0 Å². The number of hydrogen-bond acceptors (Lipinski definition) is 2. The van der Waals surface area contributed by atoms with Gasteiger partial charge >= 0.3 is 97.1 Å². The van der Waals surface area contributed by atoms with Gasteiger partial charge in [0, 0.05) is 0 Å². The van der Waals surface area contributed by atoms with Gasteiger partial charge in [-0.3, -0.25) is 0 Å². The van der Waals surface area contributed by atoms with E-state index in [0.717, 1.165) is 0 Å². The van der Waals surface area contributed by atoms with Crippen molar-refractivity contribution >= 4 is 22.1 Å². The Morgan fingerprint density at radius 1 is 1.47 bits per heavy atom. The summed E-state index contributed by atoms with van der Waals surface area (Å²) in [5.74, 6) is 0.578. The van der Waals surface area contributed by atoms with E-state index in [-0.39, 0.29) is 21.8 Å². The molecule has 0 amide bonds. The van der Waals surface area contributed by atoms with Crippen LogP contribution in [0.15, 0.2) is 22.3 Å². The van der Waals surface area contributed by atoms with Crippen LogP contribution in [0.2, 0.25) is 0 Å². The number of rotatable bonds is 4. The minimum absolute atomic E-state index is 0.0308. The van der Waals surface area contributed by atoms with Gasteiger partial charge in [-0.1, -0.05) is 0 Å². The molecule has 3 nitrogen and oxygen atoms in total. The molecule has 0 aromatic heterocycles. The molecule has 0 aromatic rings. The van der Waals surface area contributed by atoms with Crippen molar-refractivity contribution in [1.82, 2.24) is 0 Å². The fourth-order valence-corrected chi connectivity index (χ4v) is 1.65. The Kier molecular flexibility index (Phi) is 6.02. The Hall–Kier alpha value is -0.450. The summed E-state index contributed by atoms with van der Waals surface area (Å²) in [6, 6.07) is 0. The van der Waals surface area contributed by atoms with Crippen LogP contribution >= 0.6 is 11.6 Å². The summed E-state index contributed by atoms with van der Waals surface area (Å²) in [6.45, 7) is 10.8. The van der Waals surface area contributed by atoms with E-state index < -0.39 is 10.5 Å². The van der Waals surface area contributed by atoms with Crippen LogP contribution < -0.4 is 0 Å². The van der Waals surface area contributed by atoms with Crippen LogP contribution in [-0.4, -0.2) is 10.3 Å². The summed E-state index contributed by atoms with van der Waals surface area (Å²) in [5.41, 5.74) is 0. The average molecular weight is 252 g/mol. The van der Waals surface area contributed by atoms with E-state index in [1.54, 1.807) is 6.92 Å². The van der Waals surface area contributed by atoms with E-state index in [1.807, 2.05) is 20.8 Å². The van der Waals surface area contributed by atoms with E-state index in [4.69, 9.17) is 16.3 Å². The normalized spacial score (nSPS) is 14.5. The Balaban J connectivity index is 5.00. The fraction of sp³-hybridized carbons (Fsp3) is 0.600. The molecule has 86 valence electrons. The van der Waals surface area contributed by atoms with Crippen LogP contribution in [-0.2, 0) is 19.3 Å². The van der Waals surface area contributed by atoms with Gasteiger partial charge < -0.3 is 0 Å². The molecule has 15 heavy (non-hydrogen) atoms. The van der Waals surface area contributed by atoms with E-state index in [2.05, 4.69) is 6.58 Å². The maximum absolute atomic E-state index is 10.9. The van der Waals surface area contributed by atoms with Gasteiger partial charge in [0.2, 0.25) is 0 Å². The van der Waals surface area contributed by atoms with E-state index in [1.165, 1.54) is 0 Å². The summed E-state index contributed by atoms with van der Waals surface area (Å²) in [7, 11) is -2.42. The molecule has 0 bridgehead atoms. The van der Waals surface area contributed by atoms with Gasteiger partial charge in [-0.05, 0) is 0 Å². The zero-order valence-electron chi connectivity index (χ0n) is 9.37. The maximum atomic E-state index is 10.9. The van der Waals surface area contributed by atoms with Crippen molar-refractivity contribution in [2.24, 2.45) is 5.92 Å². The second kappa shape index (κ2) is 6.20. The van der Waals surface area contributed by atoms with Crippen molar-refractivity contribution in [2.75, 3.05) is 0 Å². The molecule has 1 unspecified atom stereocenters. The standard InChI is InChI=1S/C10H16ClO3S/c1-6(2)8(4)14-9(5)10(7(3)11)15(12)13/h6,8H,3H2,1-2,4-5H3/q+1. The van der Waals surface area contributed by atoms with Crippen molar-refractivity contribution in [1.29, 1.82) is 0 Å². The molecule has 0 aromatic carbocycles. The Morgan fingerprint density at radius 3 is 2.20 bits per heavy atom. The first kappa shape index (κ1) is 14.6. The molecule has 0 fully saturated rings. The van der Waals surface area contributed by atoms with Crippen LogP contribution in [0.3, 0.4) is 0 Å². The molecule has 0 heterocycles. The third-order valence-corrected chi connectivity index (χ3v) is 3.20. The molecule has 0 aliphatic rings. The van der Waals surface area contributed by atoms with Crippen LogP contribution in [0.4, 0.5) is 0 Å². The molecule has 0 N–H and O–H groups in total. The predicted octanol–water partition coefficient (Wildman–Crippen LogP) is 3.13. The Bertz CT molecular complexity index is 392. The first-order valence-electron chi connectivity index (χ1n) is 4.59. The van der Waals surface area contributed by atoms with Crippen LogP contribution in [0, 0.1) is 5.92 Å². The molecule has 5 heteroatoms. The van der Waals surface area contributed by atoms with Crippen molar-refractivity contribution in [3.05, 3.63) is 22.3 Å². The number of allylic oxidation sites excluding steroid dienone is 2. The Labute approximate surface area is 97.4 Å². The van der Waals surface area contributed by atoms with Gasteiger partial charge in [-0.2, -0.15) is 0 Å². The first-order valence-corrected chi connectivity index (χ1v) is 6.04. The van der Waals surface area contributed by atoms with Gasteiger partial charge in [-0.25, -0.2) is 0 Å². The van der Waals surface area contributed by atoms with Gasteiger partial charge in [0.25, 0.3) is 0 Å². The number of ether oxygens (including phenoxy) is 1. The molecule has 0 aliphatic heterocycles. The van der Waals surface area contributed by atoms with Crippen molar-refractivity contribution in [2.45, 2.75) is 33.8 Å². The summed E-state index contributed by atoms with van der Waals surface area (Å²) in [4.78, 5) is -0.0656. The van der Waals surface area contributed by atoms with E-state index in [9.17, 15) is 8.25 Å². The minimum atomic E-state index is -2.42. The van der Waals surface area contributed by atoms with Gasteiger partial charge in [0.1, 0.15) is 0 Å². The molecule has 0 rings (SSSR count). The van der Waals surface area contributed by atoms with Crippen LogP contribution in [0.1, 0.15) is 27.7 Å². The molecular weight excluding hydrogens is 236 g/mol. The molecule has 0 saturated carbocycles. The summed E-state index contributed by atoms with van der Waals surface area (Å²) in [5, 5.41) is -0.0308. The second-order valence-electron chi connectivity index (χ2n) is 3.59. The van der Waals surface area contributed by atoms with Gasteiger partial charge in [-0.15, -0.1) is 0 Å². The van der Waals surface area contributed by atoms with Crippen LogP contribution in [0.5, 0.6) is 0 Å². The third-order valence-electron chi connectivity index (χ3n) is 2.03.